The van der Waals surface area contributed by atoms with Crippen molar-refractivity contribution >= 4 is 28.8 Å². The number of aromatic nitrogens is 1. The summed E-state index contributed by atoms with van der Waals surface area (Å²) in [6.07, 6.45) is 6.17. The van der Waals surface area contributed by atoms with Gasteiger partial charge in [0.25, 0.3) is 0 Å². The maximum Gasteiger partial charge on any atom is 0.419 e. The molecule has 0 radical (unpaired) electrons. The van der Waals surface area contributed by atoms with E-state index in [9.17, 15) is 14.4 Å². The zero-order valence-electron chi connectivity index (χ0n) is 22.7. The molecule has 2 amide bonds. The van der Waals surface area contributed by atoms with Crippen molar-refractivity contribution in [1.82, 2.24) is 14.8 Å². The number of ether oxygens (including phenoxy) is 3. The van der Waals surface area contributed by atoms with Gasteiger partial charge in [0.15, 0.2) is 6.29 Å². The quantitative estimate of drug-likeness (QED) is 0.478. The summed E-state index contributed by atoms with van der Waals surface area (Å²) in [4.78, 5) is 40.3. The molecule has 1 saturated carbocycles. The highest BCUT2D eigenvalue weighted by atomic mass is 16.7. The number of amides is 2. The van der Waals surface area contributed by atoms with Gasteiger partial charge in [-0.1, -0.05) is 37.5 Å². The van der Waals surface area contributed by atoms with Crippen LogP contribution in [0.2, 0.25) is 0 Å². The first-order valence-corrected chi connectivity index (χ1v) is 13.1. The van der Waals surface area contributed by atoms with Gasteiger partial charge in [0.05, 0.1) is 18.6 Å². The molecule has 9 nitrogen and oxygen atoms in total. The van der Waals surface area contributed by atoms with Gasteiger partial charge in [0.2, 0.25) is 11.8 Å². The molecule has 0 aliphatic heterocycles. The van der Waals surface area contributed by atoms with Gasteiger partial charge in [-0.2, -0.15) is 0 Å². The Morgan fingerprint density at radius 2 is 1.76 bits per heavy atom. The number of carbonyl (C=O) groups is 3. The van der Waals surface area contributed by atoms with Gasteiger partial charge in [-0.15, -0.1) is 0 Å². The minimum Gasteiger partial charge on any atom is -0.443 e. The number of hydrogen-bond acceptors (Lipinski definition) is 6. The molecule has 1 aromatic heterocycles. The van der Waals surface area contributed by atoms with Gasteiger partial charge < -0.3 is 24.4 Å². The summed E-state index contributed by atoms with van der Waals surface area (Å²) < 4.78 is 17.6. The molecule has 9 heteroatoms. The van der Waals surface area contributed by atoms with Crippen LogP contribution in [0, 0.1) is 5.92 Å². The van der Waals surface area contributed by atoms with Crippen molar-refractivity contribution in [2.45, 2.75) is 71.2 Å². The van der Waals surface area contributed by atoms with E-state index in [1.165, 1.54) is 18.8 Å². The largest absolute Gasteiger partial charge is 0.443 e. The van der Waals surface area contributed by atoms with E-state index in [4.69, 9.17) is 14.2 Å². The molecule has 0 saturated heterocycles. The van der Waals surface area contributed by atoms with Gasteiger partial charge >= 0.3 is 6.09 Å². The first-order chi connectivity index (χ1) is 17.6. The third-order valence-corrected chi connectivity index (χ3v) is 6.60. The van der Waals surface area contributed by atoms with Crippen molar-refractivity contribution in [1.29, 1.82) is 0 Å². The third-order valence-electron chi connectivity index (χ3n) is 6.60. The van der Waals surface area contributed by atoms with Crippen LogP contribution in [0.1, 0.15) is 58.4 Å². The van der Waals surface area contributed by atoms with Crippen molar-refractivity contribution in [2.24, 2.45) is 5.92 Å². The Bertz CT molecular complexity index is 1060. The van der Waals surface area contributed by atoms with E-state index in [0.29, 0.717) is 13.0 Å². The minimum atomic E-state index is -0.609. The van der Waals surface area contributed by atoms with E-state index >= 15 is 0 Å². The van der Waals surface area contributed by atoms with Crippen molar-refractivity contribution in [3.63, 3.8) is 0 Å². The number of fused-ring (bicyclic) bond motifs is 1. The number of methoxy groups -OCH3 is 2. The molecule has 204 valence electrons. The fourth-order valence-corrected chi connectivity index (χ4v) is 4.74. The number of benzene rings is 1. The van der Waals surface area contributed by atoms with Gasteiger partial charge in [-0.3, -0.25) is 14.2 Å². The second-order valence-electron chi connectivity index (χ2n) is 10.6. The van der Waals surface area contributed by atoms with Gasteiger partial charge in [-0.05, 0) is 51.7 Å². The lowest BCUT2D eigenvalue weighted by Crippen LogP contribution is -2.47. The normalized spacial score (nSPS) is 14.6. The Balaban J connectivity index is 1.64. The van der Waals surface area contributed by atoms with Crippen LogP contribution >= 0.6 is 0 Å². The Kier molecular flexibility index (Phi) is 10.1. The summed E-state index contributed by atoms with van der Waals surface area (Å²) in [7, 11) is 3.04. The van der Waals surface area contributed by atoms with Crippen LogP contribution in [-0.2, 0) is 30.2 Å². The fourth-order valence-electron chi connectivity index (χ4n) is 4.74. The minimum absolute atomic E-state index is 0.0191. The van der Waals surface area contributed by atoms with Crippen molar-refractivity contribution in [3.05, 3.63) is 36.0 Å². The van der Waals surface area contributed by atoms with Crippen LogP contribution in [0.15, 0.2) is 30.5 Å². The Labute approximate surface area is 219 Å². The highest BCUT2D eigenvalue weighted by Gasteiger charge is 2.29. The summed E-state index contributed by atoms with van der Waals surface area (Å²) in [5, 5.41) is 3.86. The van der Waals surface area contributed by atoms with E-state index in [1.807, 2.05) is 45.0 Å². The number of para-hydroxylation sites is 1. The van der Waals surface area contributed by atoms with E-state index in [2.05, 4.69) is 5.32 Å². The molecule has 0 bridgehead atoms. The van der Waals surface area contributed by atoms with E-state index in [-0.39, 0.29) is 30.8 Å². The molecule has 3 rings (SSSR count). The van der Waals surface area contributed by atoms with Crippen LogP contribution in [-0.4, -0.2) is 73.1 Å². The van der Waals surface area contributed by atoms with E-state index < -0.39 is 18.0 Å². The smallest absolute Gasteiger partial charge is 0.419 e. The summed E-state index contributed by atoms with van der Waals surface area (Å²) in [6, 6.07) is 7.62. The number of nitrogens with zero attached hydrogens (tertiary/aromatic N) is 2. The Morgan fingerprint density at radius 1 is 1.08 bits per heavy atom. The molecule has 37 heavy (non-hydrogen) atoms. The average Bonchev–Trinajstić information content (AvgIpc) is 3.24. The van der Waals surface area contributed by atoms with Gasteiger partial charge in [0.1, 0.15) is 5.60 Å². The lowest BCUT2D eigenvalue weighted by atomic mass is 9.88. The first-order valence-electron chi connectivity index (χ1n) is 13.1. The van der Waals surface area contributed by atoms with Crippen LogP contribution in [0.3, 0.4) is 0 Å². The molecule has 2 aromatic rings. The van der Waals surface area contributed by atoms with Gasteiger partial charge in [0, 0.05) is 38.3 Å². The van der Waals surface area contributed by atoms with Crippen LogP contribution < -0.4 is 5.32 Å². The molecule has 1 aliphatic rings. The standard InChI is InChI=1S/C28H41N3O6/c1-28(2,3)37-27(34)31-17-21(22-13-9-10-14-23(22)31)15-16-29-24(32)18-30(19-25(35-4)36-5)26(33)20-11-7-6-8-12-20/h9-10,13-14,17,20,25H,6-8,11-12,15-16,18-19H2,1-5H3,(H,29,32). The molecule has 0 spiro atoms. The second kappa shape index (κ2) is 13.1. The van der Waals surface area contributed by atoms with Gasteiger partial charge in [-0.25, -0.2) is 4.79 Å². The van der Waals surface area contributed by atoms with E-state index in [0.717, 1.165) is 48.6 Å². The molecular formula is C28H41N3O6. The number of nitrogens with one attached hydrogen (secondary N) is 1. The summed E-state index contributed by atoms with van der Waals surface area (Å²) >= 11 is 0. The van der Waals surface area contributed by atoms with E-state index in [1.54, 1.807) is 11.1 Å². The number of hydrogen-bond donors (Lipinski definition) is 1. The molecule has 1 aromatic carbocycles. The predicted molar refractivity (Wildman–Crippen MR) is 141 cm³/mol. The van der Waals surface area contributed by atoms with Crippen LogP contribution in [0.5, 0.6) is 0 Å². The van der Waals surface area contributed by atoms with Crippen molar-refractivity contribution in [3.8, 4) is 0 Å². The maximum atomic E-state index is 13.2. The fraction of sp³-hybridized carbons (Fsp3) is 0.607. The molecule has 1 fully saturated rings. The number of carbonyl (C=O) groups excluding carboxylic acids is 3. The molecule has 1 N–H and O–H groups in total. The van der Waals surface area contributed by atoms with Crippen molar-refractivity contribution < 1.29 is 28.6 Å². The lowest BCUT2D eigenvalue weighted by Gasteiger charge is -2.30. The van der Waals surface area contributed by atoms with Crippen LogP contribution in [0.4, 0.5) is 4.79 Å². The molecular weight excluding hydrogens is 474 g/mol. The number of rotatable bonds is 10. The zero-order valence-corrected chi connectivity index (χ0v) is 22.7. The summed E-state index contributed by atoms with van der Waals surface area (Å²) in [5.41, 5.74) is 1.07. The maximum absolute atomic E-state index is 13.2. The zero-order chi connectivity index (χ0) is 27.0. The lowest BCUT2D eigenvalue weighted by molar-refractivity contribution is -0.152. The predicted octanol–water partition coefficient (Wildman–Crippen LogP) is 4.11. The van der Waals surface area contributed by atoms with Crippen molar-refractivity contribution in [2.75, 3.05) is 33.9 Å². The van der Waals surface area contributed by atoms with Crippen LogP contribution in [0.25, 0.3) is 10.9 Å². The summed E-state index contributed by atoms with van der Waals surface area (Å²) in [5.74, 6) is -0.324. The average molecular weight is 516 g/mol. The molecule has 0 atom stereocenters. The molecule has 1 heterocycles. The first kappa shape index (κ1) is 28.7. The topological polar surface area (TPSA) is 99.1 Å². The Morgan fingerprint density at radius 3 is 2.41 bits per heavy atom. The molecule has 1 aliphatic carbocycles. The SMILES string of the molecule is COC(CN(CC(=O)NCCc1cn(C(=O)OC(C)(C)C)c2ccccc12)C(=O)C1CCCCC1)OC. The summed E-state index contributed by atoms with van der Waals surface area (Å²) in [6.45, 7) is 5.99. The molecule has 0 unspecified atom stereocenters. The highest BCUT2D eigenvalue weighted by molar-refractivity contribution is 5.92. The second-order valence-corrected chi connectivity index (χ2v) is 10.6. The Hall–Kier alpha value is -2.91. The highest BCUT2D eigenvalue weighted by Crippen LogP contribution is 2.26. The monoisotopic (exact) mass is 515 g/mol. The third kappa shape index (κ3) is 8.04.